The number of rotatable bonds is 6. The molecule has 3 fully saturated rings. The summed E-state index contributed by atoms with van der Waals surface area (Å²) < 4.78 is 19.6. The van der Waals surface area contributed by atoms with Crippen molar-refractivity contribution in [1.29, 1.82) is 0 Å². The lowest BCUT2D eigenvalue weighted by atomic mass is 9.83. The number of nitrogens with zero attached hydrogens (tertiary/aromatic N) is 6. The molecule has 0 aromatic carbocycles. The van der Waals surface area contributed by atoms with Crippen molar-refractivity contribution in [2.24, 2.45) is 16.8 Å². The molecule has 0 radical (unpaired) electrons. The van der Waals surface area contributed by atoms with Gasteiger partial charge >= 0.3 is 5.76 Å². The lowest BCUT2D eigenvalue weighted by molar-refractivity contribution is 0.0247. The average Bonchev–Trinajstić information content (AvgIpc) is 3.73. The summed E-state index contributed by atoms with van der Waals surface area (Å²) >= 11 is 0. The van der Waals surface area contributed by atoms with Gasteiger partial charge in [0.15, 0.2) is 11.4 Å². The van der Waals surface area contributed by atoms with Crippen LogP contribution >= 0.6 is 0 Å². The van der Waals surface area contributed by atoms with E-state index in [-0.39, 0.29) is 23.9 Å². The smallest absolute Gasteiger partial charge is 0.439 e. The fourth-order valence-electron chi connectivity index (χ4n) is 7.55. The van der Waals surface area contributed by atoms with E-state index in [1.165, 1.54) is 25.7 Å². The number of fused-ring (bicyclic) bond motifs is 2. The van der Waals surface area contributed by atoms with Crippen LogP contribution in [0.2, 0.25) is 0 Å². The number of dihydropyridines is 1. The molecule has 3 aromatic rings. The molecular weight excluding hydrogens is 534 g/mol. The van der Waals surface area contributed by atoms with Gasteiger partial charge < -0.3 is 18.9 Å². The number of pyridine rings is 1. The number of aliphatic imine (C=N–C) groups is 1. The van der Waals surface area contributed by atoms with E-state index in [0.717, 1.165) is 66.5 Å². The van der Waals surface area contributed by atoms with E-state index in [9.17, 15) is 4.79 Å². The molecule has 1 N–H and O–H groups in total. The first-order valence-corrected chi connectivity index (χ1v) is 15.6. The van der Waals surface area contributed by atoms with Crippen LogP contribution in [0.1, 0.15) is 77.3 Å². The van der Waals surface area contributed by atoms with E-state index in [0.29, 0.717) is 30.0 Å². The number of hydrogen-bond donors (Lipinski definition) is 1. The summed E-state index contributed by atoms with van der Waals surface area (Å²) in [7, 11) is 1.62. The molecule has 11 heteroatoms. The normalized spacial score (nSPS) is 29.6. The van der Waals surface area contributed by atoms with Crippen LogP contribution in [0.15, 0.2) is 26.0 Å². The summed E-state index contributed by atoms with van der Waals surface area (Å²) in [6.45, 7) is 8.91. The standard InChI is InChI=1S/C31H41N7O4/c1-17-8-10-20(11-9-17)16-38-27-24(21-14-18(2)15-32-19(21)3)33-26(29-35-31(39)42-36-29)28(40-4)25(27)34-30(38)37-12-13-41-23-7-5-6-22(23)37/h14-15,17,19-23H,5-13,16H2,1-4H3,(H,35,36,39)/t17?,19?,20?,21?,22-,23-/m1/s1. The number of H-pyrrole nitrogens is 1. The van der Waals surface area contributed by atoms with Crippen molar-refractivity contribution in [2.75, 3.05) is 25.2 Å². The van der Waals surface area contributed by atoms with Gasteiger partial charge in [0.05, 0.1) is 43.1 Å². The number of aromatic nitrogens is 5. The number of hydrogen-bond acceptors (Lipinski definition) is 9. The van der Waals surface area contributed by atoms with Crippen molar-refractivity contribution in [2.45, 2.75) is 96.4 Å². The molecule has 2 unspecified atom stereocenters. The van der Waals surface area contributed by atoms with Crippen LogP contribution in [0.3, 0.4) is 0 Å². The first-order chi connectivity index (χ1) is 20.4. The van der Waals surface area contributed by atoms with Crippen molar-refractivity contribution in [3.05, 3.63) is 27.9 Å². The van der Waals surface area contributed by atoms with Gasteiger partial charge in [0.25, 0.3) is 0 Å². The van der Waals surface area contributed by atoms with Gasteiger partial charge in [-0.05, 0) is 63.4 Å². The van der Waals surface area contributed by atoms with E-state index < -0.39 is 5.76 Å². The number of nitrogens with one attached hydrogen (secondary N) is 1. The number of allylic oxidation sites excluding steroid dienone is 1. The molecule has 1 saturated heterocycles. The largest absolute Gasteiger partial charge is 0.492 e. The number of imidazole rings is 1. The Balaban J connectivity index is 1.49. The average molecular weight is 576 g/mol. The molecule has 0 spiro atoms. The Morgan fingerprint density at radius 3 is 2.71 bits per heavy atom. The van der Waals surface area contributed by atoms with Gasteiger partial charge in [-0.2, -0.15) is 0 Å². The Labute approximate surface area is 245 Å². The second-order valence-corrected chi connectivity index (χ2v) is 12.7. The Kier molecular flexibility index (Phi) is 7.16. The summed E-state index contributed by atoms with van der Waals surface area (Å²) in [6, 6.07) is 0.279. The SMILES string of the molecule is COc1c(-c2noc(=O)[nH]2)nc(C2C=C(C)C=NC2C)c2c1nc(N1CCO[C@@H]3CCC[C@H]31)n2CC1CCC(C)CC1. The molecule has 2 aliphatic heterocycles. The molecule has 0 amide bonds. The monoisotopic (exact) mass is 575 g/mol. The third kappa shape index (κ3) is 4.75. The second-order valence-electron chi connectivity index (χ2n) is 12.7. The molecule has 224 valence electrons. The zero-order valence-corrected chi connectivity index (χ0v) is 25.0. The zero-order valence-electron chi connectivity index (χ0n) is 25.0. The third-order valence-electron chi connectivity index (χ3n) is 9.83. The van der Waals surface area contributed by atoms with Gasteiger partial charge in [-0.15, -0.1) is 0 Å². The predicted octanol–water partition coefficient (Wildman–Crippen LogP) is 4.87. The minimum absolute atomic E-state index is 0.0214. The number of methoxy groups -OCH3 is 1. The maximum Gasteiger partial charge on any atom is 0.439 e. The highest BCUT2D eigenvalue weighted by atomic mass is 16.5. The molecule has 3 aromatic heterocycles. The molecule has 4 atom stereocenters. The quantitative estimate of drug-likeness (QED) is 0.442. The van der Waals surface area contributed by atoms with E-state index in [1.54, 1.807) is 7.11 Å². The molecule has 4 aliphatic rings. The summed E-state index contributed by atoms with van der Waals surface area (Å²) in [4.78, 5) is 32.6. The number of morpholine rings is 1. The van der Waals surface area contributed by atoms with E-state index in [2.05, 4.69) is 46.5 Å². The second kappa shape index (κ2) is 11.0. The van der Waals surface area contributed by atoms with Gasteiger partial charge in [0.1, 0.15) is 5.52 Å². The Hall–Kier alpha value is -3.47. The highest BCUT2D eigenvalue weighted by Crippen LogP contribution is 2.44. The van der Waals surface area contributed by atoms with Crippen LogP contribution in [0.25, 0.3) is 22.6 Å². The molecule has 5 heterocycles. The summed E-state index contributed by atoms with van der Waals surface area (Å²) in [5, 5.41) is 3.99. The van der Waals surface area contributed by atoms with Crippen molar-refractivity contribution < 1.29 is 14.0 Å². The van der Waals surface area contributed by atoms with Crippen LogP contribution in [0, 0.1) is 11.8 Å². The van der Waals surface area contributed by atoms with Gasteiger partial charge in [-0.3, -0.25) is 14.5 Å². The molecule has 42 heavy (non-hydrogen) atoms. The number of ether oxygens (including phenoxy) is 2. The highest BCUT2D eigenvalue weighted by Gasteiger charge is 2.40. The zero-order chi connectivity index (χ0) is 29.0. The molecule has 11 nitrogen and oxygen atoms in total. The fourth-order valence-corrected chi connectivity index (χ4v) is 7.55. The fraction of sp³-hybridized carbons (Fsp3) is 0.645. The molecule has 2 saturated carbocycles. The lowest BCUT2D eigenvalue weighted by Crippen LogP contribution is -2.49. The number of aromatic amines is 1. The minimum atomic E-state index is -0.639. The minimum Gasteiger partial charge on any atom is -0.492 e. The molecule has 0 bridgehead atoms. The van der Waals surface area contributed by atoms with Crippen molar-refractivity contribution >= 4 is 23.2 Å². The van der Waals surface area contributed by atoms with Crippen LogP contribution < -0.4 is 15.4 Å². The van der Waals surface area contributed by atoms with Gasteiger partial charge in [-0.1, -0.05) is 31.0 Å². The molecule has 7 rings (SSSR count). The van der Waals surface area contributed by atoms with E-state index in [1.807, 2.05) is 6.21 Å². The summed E-state index contributed by atoms with van der Waals surface area (Å²) in [5.74, 6) is 2.29. The molecular formula is C31H41N7O4. The van der Waals surface area contributed by atoms with Crippen LogP contribution in [-0.2, 0) is 11.3 Å². The summed E-state index contributed by atoms with van der Waals surface area (Å²) in [6.07, 6.45) is 12.7. The topological polar surface area (TPSA) is 124 Å². The first-order valence-electron chi connectivity index (χ1n) is 15.6. The molecule has 2 aliphatic carbocycles. The highest BCUT2D eigenvalue weighted by molar-refractivity contribution is 5.92. The van der Waals surface area contributed by atoms with Crippen molar-refractivity contribution in [1.82, 2.24) is 24.7 Å². The first kappa shape index (κ1) is 27.4. The van der Waals surface area contributed by atoms with Crippen LogP contribution in [0.4, 0.5) is 5.95 Å². The predicted molar refractivity (Wildman–Crippen MR) is 160 cm³/mol. The van der Waals surface area contributed by atoms with Crippen LogP contribution in [-0.4, -0.2) is 69.3 Å². The maximum atomic E-state index is 12.0. The third-order valence-corrected chi connectivity index (χ3v) is 9.83. The Morgan fingerprint density at radius 1 is 1.12 bits per heavy atom. The summed E-state index contributed by atoms with van der Waals surface area (Å²) in [5.41, 5.74) is 4.09. The van der Waals surface area contributed by atoms with E-state index >= 15 is 0 Å². The van der Waals surface area contributed by atoms with Gasteiger partial charge in [-0.25, -0.2) is 14.8 Å². The lowest BCUT2D eigenvalue weighted by Gasteiger charge is -2.39. The van der Waals surface area contributed by atoms with E-state index in [4.69, 9.17) is 29.0 Å². The van der Waals surface area contributed by atoms with Gasteiger partial charge in [0, 0.05) is 25.2 Å². The number of anilines is 1. The van der Waals surface area contributed by atoms with Crippen molar-refractivity contribution in [3.8, 4) is 17.3 Å². The maximum absolute atomic E-state index is 12.0. The van der Waals surface area contributed by atoms with Crippen molar-refractivity contribution in [3.63, 3.8) is 0 Å². The van der Waals surface area contributed by atoms with Crippen LogP contribution in [0.5, 0.6) is 5.75 Å². The van der Waals surface area contributed by atoms with Gasteiger partial charge in [0.2, 0.25) is 11.8 Å². The Bertz CT molecular complexity index is 1580. The Morgan fingerprint density at radius 2 is 1.95 bits per heavy atom.